The van der Waals surface area contributed by atoms with Gasteiger partial charge in [-0.25, -0.2) is 8.42 Å². The van der Waals surface area contributed by atoms with E-state index in [2.05, 4.69) is 18.7 Å². The molecule has 100 valence electrons. The lowest BCUT2D eigenvalue weighted by atomic mass is 10.1. The van der Waals surface area contributed by atoms with E-state index >= 15 is 0 Å². The first-order valence-electron chi connectivity index (χ1n) is 5.77. The third kappa shape index (κ3) is 2.29. The van der Waals surface area contributed by atoms with E-state index in [9.17, 15) is 8.42 Å². The Bertz CT molecular complexity index is 569. The Balaban J connectivity index is 2.61. The standard InChI is InChI=1S/C12H16ClNO3S/c1-8(2)14-5-4-9-6-11(17-3)12(7-10(9)14)18(13,15)16/h6-8H,4-5H2,1-3H3. The first-order chi connectivity index (χ1) is 8.34. The highest BCUT2D eigenvalue weighted by Crippen LogP contribution is 2.38. The molecule has 6 heteroatoms. The minimum absolute atomic E-state index is 0.0398. The monoisotopic (exact) mass is 289 g/mol. The van der Waals surface area contributed by atoms with Crippen LogP contribution in [0, 0.1) is 0 Å². The summed E-state index contributed by atoms with van der Waals surface area (Å²) in [5, 5.41) is 0. The van der Waals surface area contributed by atoms with Crippen LogP contribution in [-0.2, 0) is 15.5 Å². The Labute approximate surface area is 112 Å². The lowest BCUT2D eigenvalue weighted by molar-refractivity contribution is 0.403. The van der Waals surface area contributed by atoms with Crippen LogP contribution in [0.25, 0.3) is 0 Å². The summed E-state index contributed by atoms with van der Waals surface area (Å²) in [6, 6.07) is 3.71. The van der Waals surface area contributed by atoms with Crippen LogP contribution >= 0.6 is 10.7 Å². The summed E-state index contributed by atoms with van der Waals surface area (Å²) in [7, 11) is 3.10. The van der Waals surface area contributed by atoms with E-state index in [-0.39, 0.29) is 4.90 Å². The average molecular weight is 290 g/mol. The zero-order chi connectivity index (χ0) is 13.5. The number of hydrogen-bond donors (Lipinski definition) is 0. The quantitative estimate of drug-likeness (QED) is 0.802. The summed E-state index contributed by atoms with van der Waals surface area (Å²) in [4.78, 5) is 2.21. The zero-order valence-electron chi connectivity index (χ0n) is 10.6. The highest BCUT2D eigenvalue weighted by Gasteiger charge is 2.27. The molecule has 0 spiro atoms. The highest BCUT2D eigenvalue weighted by molar-refractivity contribution is 8.13. The van der Waals surface area contributed by atoms with Gasteiger partial charge < -0.3 is 9.64 Å². The lowest BCUT2D eigenvalue weighted by Gasteiger charge is -2.24. The molecule has 1 aliphatic heterocycles. The number of ether oxygens (including phenoxy) is 1. The van der Waals surface area contributed by atoms with Crippen molar-refractivity contribution < 1.29 is 13.2 Å². The van der Waals surface area contributed by atoms with Crippen LogP contribution in [0.3, 0.4) is 0 Å². The fourth-order valence-corrected chi connectivity index (χ4v) is 3.30. The van der Waals surface area contributed by atoms with Crippen molar-refractivity contribution in [2.24, 2.45) is 0 Å². The molecule has 4 nitrogen and oxygen atoms in total. The number of nitrogens with zero attached hydrogens (tertiary/aromatic N) is 1. The van der Waals surface area contributed by atoms with E-state index in [1.807, 2.05) is 0 Å². The van der Waals surface area contributed by atoms with Crippen LogP contribution in [0.5, 0.6) is 5.75 Å². The first-order valence-corrected chi connectivity index (χ1v) is 8.07. The van der Waals surface area contributed by atoms with Gasteiger partial charge in [-0.1, -0.05) is 0 Å². The molecule has 0 atom stereocenters. The predicted octanol–water partition coefficient (Wildman–Crippen LogP) is 2.39. The predicted molar refractivity (Wildman–Crippen MR) is 72.2 cm³/mol. The van der Waals surface area contributed by atoms with Gasteiger partial charge in [0.15, 0.2) is 0 Å². The second-order valence-electron chi connectivity index (χ2n) is 4.61. The van der Waals surface area contributed by atoms with Crippen molar-refractivity contribution in [3.8, 4) is 5.75 Å². The Hall–Kier alpha value is -0.940. The fourth-order valence-electron chi connectivity index (χ4n) is 2.31. The van der Waals surface area contributed by atoms with Crippen molar-refractivity contribution in [2.75, 3.05) is 18.6 Å². The molecule has 0 amide bonds. The van der Waals surface area contributed by atoms with E-state index in [0.29, 0.717) is 11.8 Å². The first kappa shape index (κ1) is 13.5. The van der Waals surface area contributed by atoms with Crippen LogP contribution < -0.4 is 9.64 Å². The number of fused-ring (bicyclic) bond motifs is 1. The molecule has 0 unspecified atom stereocenters. The van der Waals surface area contributed by atoms with Gasteiger partial charge in [-0.05, 0) is 38.0 Å². The molecule has 0 saturated heterocycles. The van der Waals surface area contributed by atoms with Gasteiger partial charge in [0.2, 0.25) is 0 Å². The Morgan fingerprint density at radius 3 is 2.56 bits per heavy atom. The Morgan fingerprint density at radius 2 is 2.06 bits per heavy atom. The molecule has 1 aromatic carbocycles. The van der Waals surface area contributed by atoms with E-state index in [4.69, 9.17) is 15.4 Å². The van der Waals surface area contributed by atoms with E-state index in [0.717, 1.165) is 24.2 Å². The molecule has 1 aliphatic rings. The van der Waals surface area contributed by atoms with Gasteiger partial charge in [0, 0.05) is 29.0 Å². The highest BCUT2D eigenvalue weighted by atomic mass is 35.7. The Kier molecular flexibility index (Phi) is 3.47. The SMILES string of the molecule is COc1cc2c(cc1S(=O)(=O)Cl)N(C(C)C)CC2. The van der Waals surface area contributed by atoms with Crippen LogP contribution in [0.2, 0.25) is 0 Å². The maximum absolute atomic E-state index is 11.6. The normalized spacial score (nSPS) is 15.1. The summed E-state index contributed by atoms with van der Waals surface area (Å²) < 4.78 is 28.2. The second-order valence-corrected chi connectivity index (χ2v) is 7.14. The van der Waals surface area contributed by atoms with Crippen LogP contribution in [0.4, 0.5) is 5.69 Å². The molecule has 0 bridgehead atoms. The van der Waals surface area contributed by atoms with Crippen molar-refractivity contribution in [1.29, 1.82) is 0 Å². The summed E-state index contributed by atoms with van der Waals surface area (Å²) >= 11 is 0. The van der Waals surface area contributed by atoms with Gasteiger partial charge >= 0.3 is 0 Å². The van der Waals surface area contributed by atoms with Crippen LogP contribution in [0.1, 0.15) is 19.4 Å². The van der Waals surface area contributed by atoms with E-state index in [1.54, 1.807) is 12.1 Å². The van der Waals surface area contributed by atoms with Gasteiger partial charge in [0.1, 0.15) is 10.6 Å². The molecule has 18 heavy (non-hydrogen) atoms. The molecule has 0 radical (unpaired) electrons. The topological polar surface area (TPSA) is 46.6 Å². The number of anilines is 1. The number of hydrogen-bond acceptors (Lipinski definition) is 4. The van der Waals surface area contributed by atoms with E-state index in [1.165, 1.54) is 7.11 Å². The van der Waals surface area contributed by atoms with E-state index < -0.39 is 9.05 Å². The molecule has 0 aromatic heterocycles. The van der Waals surface area contributed by atoms with Gasteiger partial charge in [0.05, 0.1) is 7.11 Å². The third-order valence-electron chi connectivity index (χ3n) is 3.18. The number of rotatable bonds is 3. The van der Waals surface area contributed by atoms with Crippen molar-refractivity contribution in [3.05, 3.63) is 17.7 Å². The van der Waals surface area contributed by atoms with Gasteiger partial charge in [-0.2, -0.15) is 0 Å². The molecular formula is C12H16ClNO3S. The van der Waals surface area contributed by atoms with Crippen molar-refractivity contribution in [1.82, 2.24) is 0 Å². The smallest absolute Gasteiger partial charge is 0.265 e. The molecule has 2 rings (SSSR count). The minimum atomic E-state index is -3.80. The van der Waals surface area contributed by atoms with Gasteiger partial charge in [-0.15, -0.1) is 0 Å². The molecule has 0 fully saturated rings. The van der Waals surface area contributed by atoms with Gasteiger partial charge in [0.25, 0.3) is 9.05 Å². The van der Waals surface area contributed by atoms with Crippen LogP contribution in [-0.4, -0.2) is 28.1 Å². The lowest BCUT2D eigenvalue weighted by Crippen LogP contribution is -2.28. The largest absolute Gasteiger partial charge is 0.495 e. The third-order valence-corrected chi connectivity index (χ3v) is 4.53. The molecule has 1 heterocycles. The van der Waals surface area contributed by atoms with Crippen molar-refractivity contribution >= 4 is 25.4 Å². The molecule has 0 saturated carbocycles. The van der Waals surface area contributed by atoms with Crippen molar-refractivity contribution in [2.45, 2.75) is 31.2 Å². The second kappa shape index (κ2) is 4.63. The average Bonchev–Trinajstić information content (AvgIpc) is 2.68. The summed E-state index contributed by atoms with van der Waals surface area (Å²) in [6.07, 6.45) is 0.895. The molecule has 1 aromatic rings. The summed E-state index contributed by atoms with van der Waals surface area (Å²) in [5.41, 5.74) is 2.04. The number of halogens is 1. The maximum Gasteiger partial charge on any atom is 0.265 e. The van der Waals surface area contributed by atoms with Gasteiger partial charge in [-0.3, -0.25) is 0 Å². The minimum Gasteiger partial charge on any atom is -0.495 e. The van der Waals surface area contributed by atoms with Crippen molar-refractivity contribution in [3.63, 3.8) is 0 Å². The zero-order valence-corrected chi connectivity index (χ0v) is 12.2. The maximum atomic E-state index is 11.6. The van der Waals surface area contributed by atoms with Crippen LogP contribution in [0.15, 0.2) is 17.0 Å². The molecule has 0 aliphatic carbocycles. The Morgan fingerprint density at radius 1 is 1.39 bits per heavy atom. The molecular weight excluding hydrogens is 274 g/mol. The number of benzene rings is 1. The summed E-state index contributed by atoms with van der Waals surface area (Å²) in [5.74, 6) is 0.314. The molecule has 0 N–H and O–H groups in total. The number of methoxy groups -OCH3 is 1. The summed E-state index contributed by atoms with van der Waals surface area (Å²) in [6.45, 7) is 5.05. The fraction of sp³-hybridized carbons (Fsp3) is 0.500.